The first kappa shape index (κ1) is 14.5. The highest BCUT2D eigenvalue weighted by atomic mass is 19.1. The number of hydrogen-bond acceptors (Lipinski definition) is 2. The minimum absolute atomic E-state index is 0.0665. The Kier molecular flexibility index (Phi) is 5.34. The van der Waals surface area contributed by atoms with Gasteiger partial charge in [0.25, 0.3) is 0 Å². The van der Waals surface area contributed by atoms with E-state index in [2.05, 4.69) is 17.1 Å². The second-order valence-electron chi connectivity index (χ2n) is 5.39. The Bertz CT molecular complexity index is 392. The maximum absolute atomic E-state index is 14.1. The Labute approximate surface area is 116 Å². The van der Waals surface area contributed by atoms with E-state index in [0.717, 1.165) is 25.1 Å². The van der Waals surface area contributed by atoms with Crippen LogP contribution < -0.4 is 5.32 Å². The zero-order valence-electron chi connectivity index (χ0n) is 12.0. The van der Waals surface area contributed by atoms with Gasteiger partial charge in [-0.1, -0.05) is 31.5 Å². The fourth-order valence-electron chi connectivity index (χ4n) is 3.27. The second-order valence-corrected chi connectivity index (χ2v) is 5.39. The van der Waals surface area contributed by atoms with Crippen LogP contribution in [0, 0.1) is 5.82 Å². The van der Waals surface area contributed by atoms with Crippen molar-refractivity contribution in [1.82, 2.24) is 10.2 Å². The van der Waals surface area contributed by atoms with Crippen molar-refractivity contribution in [2.24, 2.45) is 0 Å². The molecule has 0 radical (unpaired) electrons. The molecule has 2 rings (SSSR count). The Morgan fingerprint density at radius 2 is 2.16 bits per heavy atom. The number of hydrogen-bond donors (Lipinski definition) is 1. The normalized spacial score (nSPS) is 22.4. The molecule has 0 aromatic heterocycles. The van der Waals surface area contributed by atoms with E-state index in [4.69, 9.17) is 0 Å². The summed E-state index contributed by atoms with van der Waals surface area (Å²) in [5, 5.41) is 3.28. The molecule has 0 saturated carbocycles. The molecule has 106 valence electrons. The lowest BCUT2D eigenvalue weighted by Gasteiger charge is -2.41. The highest BCUT2D eigenvalue weighted by Crippen LogP contribution is 2.32. The summed E-state index contributed by atoms with van der Waals surface area (Å²) in [7, 11) is 2.00. The second kappa shape index (κ2) is 7.01. The van der Waals surface area contributed by atoms with Crippen molar-refractivity contribution in [1.29, 1.82) is 0 Å². The summed E-state index contributed by atoms with van der Waals surface area (Å²) in [6.45, 7) is 4.23. The van der Waals surface area contributed by atoms with Crippen LogP contribution in [0.4, 0.5) is 4.39 Å². The maximum atomic E-state index is 14.1. The number of benzene rings is 1. The predicted molar refractivity (Wildman–Crippen MR) is 77.7 cm³/mol. The van der Waals surface area contributed by atoms with Crippen molar-refractivity contribution in [3.63, 3.8) is 0 Å². The Morgan fingerprint density at radius 1 is 1.37 bits per heavy atom. The van der Waals surface area contributed by atoms with Gasteiger partial charge in [-0.15, -0.1) is 0 Å². The number of halogens is 1. The van der Waals surface area contributed by atoms with E-state index in [1.165, 1.54) is 19.3 Å². The summed E-state index contributed by atoms with van der Waals surface area (Å²) in [4.78, 5) is 2.50. The minimum atomic E-state index is -0.0665. The van der Waals surface area contributed by atoms with Crippen molar-refractivity contribution < 1.29 is 4.39 Å². The first-order chi connectivity index (χ1) is 9.27. The number of likely N-dealkylation sites (N-methyl/N-ethyl adjacent to an activating group) is 1. The van der Waals surface area contributed by atoms with Crippen LogP contribution in [0.5, 0.6) is 0 Å². The molecular weight excluding hydrogens is 239 g/mol. The lowest BCUT2D eigenvalue weighted by Crippen LogP contribution is -2.46. The lowest BCUT2D eigenvalue weighted by atomic mass is 9.94. The largest absolute Gasteiger partial charge is 0.318 e. The number of nitrogens with zero attached hydrogens (tertiary/aromatic N) is 1. The quantitative estimate of drug-likeness (QED) is 0.877. The Balaban J connectivity index is 2.22. The van der Waals surface area contributed by atoms with Gasteiger partial charge < -0.3 is 5.32 Å². The summed E-state index contributed by atoms with van der Waals surface area (Å²) in [5.41, 5.74) is 0.855. The van der Waals surface area contributed by atoms with Gasteiger partial charge in [-0.05, 0) is 38.9 Å². The van der Waals surface area contributed by atoms with Gasteiger partial charge in [0.05, 0.1) is 0 Å². The van der Waals surface area contributed by atoms with E-state index in [9.17, 15) is 4.39 Å². The van der Waals surface area contributed by atoms with Gasteiger partial charge in [-0.2, -0.15) is 0 Å². The van der Waals surface area contributed by atoms with Gasteiger partial charge in [-0.3, -0.25) is 4.90 Å². The summed E-state index contributed by atoms with van der Waals surface area (Å²) in [5.74, 6) is -0.0665. The van der Waals surface area contributed by atoms with Crippen LogP contribution >= 0.6 is 0 Å². The minimum Gasteiger partial charge on any atom is -0.318 e. The molecule has 1 aromatic carbocycles. The first-order valence-electron chi connectivity index (χ1n) is 7.42. The van der Waals surface area contributed by atoms with Crippen LogP contribution in [0.3, 0.4) is 0 Å². The molecule has 0 aliphatic carbocycles. The molecule has 2 unspecified atom stereocenters. The third-order valence-corrected chi connectivity index (χ3v) is 4.16. The third-order valence-electron chi connectivity index (χ3n) is 4.16. The van der Waals surface area contributed by atoms with E-state index in [1.54, 1.807) is 12.1 Å². The maximum Gasteiger partial charge on any atom is 0.127 e. The molecule has 1 heterocycles. The fourth-order valence-corrected chi connectivity index (χ4v) is 3.27. The number of nitrogens with one attached hydrogen (secondary N) is 1. The zero-order chi connectivity index (χ0) is 13.7. The van der Waals surface area contributed by atoms with Crippen LogP contribution in [0.1, 0.15) is 44.2 Å². The van der Waals surface area contributed by atoms with Gasteiger partial charge >= 0.3 is 0 Å². The average molecular weight is 264 g/mol. The smallest absolute Gasteiger partial charge is 0.127 e. The van der Waals surface area contributed by atoms with Gasteiger partial charge in [0.2, 0.25) is 0 Å². The van der Waals surface area contributed by atoms with Gasteiger partial charge in [0.1, 0.15) is 5.82 Å². The van der Waals surface area contributed by atoms with E-state index in [0.29, 0.717) is 6.04 Å². The Morgan fingerprint density at radius 3 is 2.84 bits per heavy atom. The van der Waals surface area contributed by atoms with Crippen molar-refractivity contribution in [2.45, 2.75) is 44.7 Å². The average Bonchev–Trinajstić information content (AvgIpc) is 2.44. The van der Waals surface area contributed by atoms with E-state index >= 15 is 0 Å². The molecule has 1 aliphatic heterocycles. The monoisotopic (exact) mass is 264 g/mol. The Hall–Kier alpha value is -0.930. The van der Waals surface area contributed by atoms with Gasteiger partial charge in [0, 0.05) is 24.2 Å². The molecule has 0 spiro atoms. The lowest BCUT2D eigenvalue weighted by molar-refractivity contribution is 0.0898. The molecule has 1 saturated heterocycles. The van der Waals surface area contributed by atoms with Crippen LogP contribution in [0.2, 0.25) is 0 Å². The molecule has 0 bridgehead atoms. The molecule has 19 heavy (non-hydrogen) atoms. The molecule has 0 amide bonds. The molecule has 1 N–H and O–H groups in total. The number of likely N-dealkylation sites (tertiary alicyclic amines) is 1. The fraction of sp³-hybridized carbons (Fsp3) is 0.625. The summed E-state index contributed by atoms with van der Waals surface area (Å²) in [6, 6.07) is 7.97. The molecule has 2 atom stereocenters. The summed E-state index contributed by atoms with van der Waals surface area (Å²) < 4.78 is 14.1. The van der Waals surface area contributed by atoms with Gasteiger partial charge in [0.15, 0.2) is 0 Å². The van der Waals surface area contributed by atoms with Crippen molar-refractivity contribution in [3.05, 3.63) is 35.6 Å². The summed E-state index contributed by atoms with van der Waals surface area (Å²) in [6.07, 6.45) is 4.69. The van der Waals surface area contributed by atoms with Crippen LogP contribution in [0.15, 0.2) is 24.3 Å². The molecule has 1 fully saturated rings. The van der Waals surface area contributed by atoms with E-state index < -0.39 is 0 Å². The van der Waals surface area contributed by atoms with Gasteiger partial charge in [-0.25, -0.2) is 4.39 Å². The van der Waals surface area contributed by atoms with Crippen molar-refractivity contribution >= 4 is 0 Å². The van der Waals surface area contributed by atoms with Crippen LogP contribution in [0.25, 0.3) is 0 Å². The summed E-state index contributed by atoms with van der Waals surface area (Å²) >= 11 is 0. The topological polar surface area (TPSA) is 15.3 Å². The molecule has 1 aliphatic rings. The highest BCUT2D eigenvalue weighted by Gasteiger charge is 2.29. The number of piperidine rings is 1. The molecular formula is C16H25FN2. The zero-order valence-corrected chi connectivity index (χ0v) is 12.0. The third kappa shape index (κ3) is 3.34. The predicted octanol–water partition coefficient (Wildman–Crippen LogP) is 3.35. The molecule has 3 heteroatoms. The SMILES string of the molecule is CCC(c1ccccc1F)N1CCCCC1CNC. The molecule has 1 aromatic rings. The van der Waals surface area contributed by atoms with E-state index in [1.807, 2.05) is 19.2 Å². The highest BCUT2D eigenvalue weighted by molar-refractivity contribution is 5.21. The van der Waals surface area contributed by atoms with Crippen molar-refractivity contribution in [3.8, 4) is 0 Å². The number of rotatable bonds is 5. The molecule has 2 nitrogen and oxygen atoms in total. The standard InChI is InChI=1S/C16H25FN2/c1-3-16(14-9-4-5-10-15(14)17)19-11-7-6-8-13(19)12-18-2/h4-5,9-10,13,16,18H,3,6-8,11-12H2,1-2H3. The van der Waals surface area contributed by atoms with Crippen LogP contribution in [-0.4, -0.2) is 31.1 Å². The van der Waals surface area contributed by atoms with Crippen molar-refractivity contribution in [2.75, 3.05) is 20.1 Å². The van der Waals surface area contributed by atoms with Crippen LogP contribution in [-0.2, 0) is 0 Å². The van der Waals surface area contributed by atoms with E-state index in [-0.39, 0.29) is 11.9 Å². The first-order valence-corrected chi connectivity index (χ1v) is 7.42.